The summed E-state index contributed by atoms with van der Waals surface area (Å²) in [5.74, 6) is -0.581. The predicted molar refractivity (Wildman–Crippen MR) is 105 cm³/mol. The van der Waals surface area contributed by atoms with E-state index >= 15 is 0 Å². The molecule has 4 rings (SSSR count). The number of amides is 1. The summed E-state index contributed by atoms with van der Waals surface area (Å²) in [6, 6.07) is 13.8. The maximum Gasteiger partial charge on any atom is 0.326 e. The summed E-state index contributed by atoms with van der Waals surface area (Å²) in [6.07, 6.45) is 0.497. The lowest BCUT2D eigenvalue weighted by Crippen LogP contribution is -2.51. The van der Waals surface area contributed by atoms with Gasteiger partial charge in [0.1, 0.15) is 17.8 Å². The van der Waals surface area contributed by atoms with Crippen LogP contribution >= 0.6 is 0 Å². The maximum absolute atomic E-state index is 12.9. The zero-order valence-electron chi connectivity index (χ0n) is 15.8. The first kappa shape index (κ1) is 18.1. The number of aromatic nitrogens is 1. The number of hydrogen-bond acceptors (Lipinski definition) is 3. The van der Waals surface area contributed by atoms with Crippen LogP contribution in [-0.4, -0.2) is 40.0 Å². The van der Waals surface area contributed by atoms with Crippen LogP contribution in [-0.2, 0) is 16.0 Å². The van der Waals surface area contributed by atoms with E-state index in [9.17, 15) is 14.7 Å². The van der Waals surface area contributed by atoms with Gasteiger partial charge in [0, 0.05) is 35.0 Å². The molecule has 2 aromatic carbocycles. The Morgan fingerprint density at radius 2 is 1.89 bits per heavy atom. The molecule has 0 unspecified atom stereocenters. The Hall–Kier alpha value is -3.28. The lowest BCUT2D eigenvalue weighted by molar-refractivity contribution is -0.152. The smallest absolute Gasteiger partial charge is 0.326 e. The highest BCUT2D eigenvalue weighted by Gasteiger charge is 2.43. The van der Waals surface area contributed by atoms with Crippen LogP contribution in [0.2, 0.25) is 0 Å². The second-order valence-electron chi connectivity index (χ2n) is 6.92. The van der Waals surface area contributed by atoms with E-state index in [1.54, 1.807) is 14.0 Å². The van der Waals surface area contributed by atoms with Crippen LogP contribution in [0.4, 0.5) is 0 Å². The van der Waals surface area contributed by atoms with Gasteiger partial charge in [-0.2, -0.15) is 0 Å². The van der Waals surface area contributed by atoms with Gasteiger partial charge in [-0.1, -0.05) is 43.3 Å². The van der Waals surface area contributed by atoms with Crippen LogP contribution < -0.4 is 4.74 Å². The van der Waals surface area contributed by atoms with Gasteiger partial charge in [0.2, 0.25) is 5.91 Å². The van der Waals surface area contributed by atoms with E-state index in [-0.39, 0.29) is 18.7 Å². The molecule has 2 heterocycles. The highest BCUT2D eigenvalue weighted by molar-refractivity contribution is 5.90. The number of carboxylic acid groups (broad SMARTS) is 1. The van der Waals surface area contributed by atoms with Crippen molar-refractivity contribution in [3.8, 4) is 5.75 Å². The zero-order chi connectivity index (χ0) is 19.8. The Bertz CT molecular complexity index is 1060. The topological polar surface area (TPSA) is 82.6 Å². The fourth-order valence-corrected chi connectivity index (χ4v) is 4.19. The molecule has 6 nitrogen and oxygen atoms in total. The molecule has 2 atom stereocenters. The van der Waals surface area contributed by atoms with Crippen LogP contribution in [0.1, 0.15) is 36.2 Å². The van der Waals surface area contributed by atoms with Gasteiger partial charge in [-0.15, -0.1) is 0 Å². The molecule has 1 aromatic heterocycles. The molecule has 6 heteroatoms. The lowest BCUT2D eigenvalue weighted by atomic mass is 9.87. The quantitative estimate of drug-likeness (QED) is 0.728. The molecule has 0 saturated carbocycles. The summed E-state index contributed by atoms with van der Waals surface area (Å²) in [6.45, 7) is 1.75. The van der Waals surface area contributed by atoms with E-state index in [0.717, 1.165) is 27.7 Å². The molecule has 0 spiro atoms. The molecule has 3 aromatic rings. The first-order valence-electron chi connectivity index (χ1n) is 9.33. The van der Waals surface area contributed by atoms with Gasteiger partial charge in [0.05, 0.1) is 7.11 Å². The molecule has 144 valence electrons. The zero-order valence-corrected chi connectivity index (χ0v) is 15.8. The van der Waals surface area contributed by atoms with E-state index in [4.69, 9.17) is 4.74 Å². The molecular formula is C22H22N2O4. The number of H-pyrrole nitrogens is 1. The lowest BCUT2D eigenvalue weighted by Gasteiger charge is -2.40. The molecule has 1 aliphatic heterocycles. The molecule has 0 fully saturated rings. The minimum atomic E-state index is -1.00. The Balaban J connectivity index is 2.02. The molecule has 0 aliphatic carbocycles. The predicted octanol–water partition coefficient (Wildman–Crippen LogP) is 3.51. The van der Waals surface area contributed by atoms with Crippen molar-refractivity contribution in [2.24, 2.45) is 0 Å². The maximum atomic E-state index is 12.9. The van der Waals surface area contributed by atoms with Crippen molar-refractivity contribution < 1.29 is 19.4 Å². The van der Waals surface area contributed by atoms with Gasteiger partial charge in [-0.25, -0.2) is 4.79 Å². The largest absolute Gasteiger partial charge is 0.496 e. The summed E-state index contributed by atoms with van der Waals surface area (Å²) < 4.78 is 5.55. The second kappa shape index (κ2) is 7.03. The van der Waals surface area contributed by atoms with Crippen molar-refractivity contribution in [2.75, 3.05) is 7.11 Å². The highest BCUT2D eigenvalue weighted by Crippen LogP contribution is 2.43. The van der Waals surface area contributed by atoms with Gasteiger partial charge >= 0.3 is 5.97 Å². The standard InChI is InChI=1S/C22H22N2O4/c1-3-19(25)24-17(22(26)27)12-15-13-8-4-6-10-16(13)23-20(15)21(24)14-9-5-7-11-18(14)28-2/h4-11,17,21,23H,3,12H2,1-2H3,(H,26,27)/t17-,21+/m0/s1. The minimum absolute atomic E-state index is 0.201. The fraction of sp³-hybridized carbons (Fsp3) is 0.273. The Labute approximate surface area is 162 Å². The number of nitrogens with one attached hydrogen (secondary N) is 1. The van der Waals surface area contributed by atoms with Crippen LogP contribution in [0, 0.1) is 0 Å². The van der Waals surface area contributed by atoms with Crippen LogP contribution in [0.5, 0.6) is 5.75 Å². The molecule has 0 bridgehead atoms. The summed E-state index contributed by atoms with van der Waals surface area (Å²) in [5, 5.41) is 10.9. The number of hydrogen-bond donors (Lipinski definition) is 2. The number of carbonyl (C=O) groups excluding carboxylic acids is 1. The fourth-order valence-electron chi connectivity index (χ4n) is 4.19. The summed E-state index contributed by atoms with van der Waals surface area (Å²) in [7, 11) is 1.58. The third-order valence-corrected chi connectivity index (χ3v) is 5.44. The number of rotatable bonds is 4. The van der Waals surface area contributed by atoms with Crippen molar-refractivity contribution in [1.82, 2.24) is 9.88 Å². The van der Waals surface area contributed by atoms with Crippen molar-refractivity contribution in [2.45, 2.75) is 31.8 Å². The third-order valence-electron chi connectivity index (χ3n) is 5.44. The average molecular weight is 378 g/mol. The van der Waals surface area contributed by atoms with Crippen LogP contribution in [0.3, 0.4) is 0 Å². The Kier molecular flexibility index (Phi) is 4.55. The Morgan fingerprint density at radius 3 is 2.61 bits per heavy atom. The van der Waals surface area contributed by atoms with Gasteiger partial charge in [-0.05, 0) is 17.7 Å². The molecule has 2 N–H and O–H groups in total. The van der Waals surface area contributed by atoms with Gasteiger partial charge in [0.25, 0.3) is 0 Å². The third kappa shape index (κ3) is 2.72. The number of para-hydroxylation sites is 2. The number of ether oxygens (including phenoxy) is 1. The number of aliphatic carboxylic acids is 1. The molecule has 28 heavy (non-hydrogen) atoms. The molecular weight excluding hydrogens is 356 g/mol. The van der Waals surface area contributed by atoms with Crippen molar-refractivity contribution in [3.05, 3.63) is 65.4 Å². The first-order valence-corrected chi connectivity index (χ1v) is 9.33. The summed E-state index contributed by atoms with van der Waals surface area (Å²) in [5.41, 5.74) is 3.50. The molecule has 0 radical (unpaired) electrons. The van der Waals surface area contributed by atoms with E-state index in [0.29, 0.717) is 5.75 Å². The summed E-state index contributed by atoms with van der Waals surface area (Å²) >= 11 is 0. The molecule has 0 saturated heterocycles. The number of fused-ring (bicyclic) bond motifs is 3. The van der Waals surface area contributed by atoms with Crippen molar-refractivity contribution in [3.63, 3.8) is 0 Å². The van der Waals surface area contributed by atoms with E-state index in [1.165, 1.54) is 4.90 Å². The first-order chi connectivity index (χ1) is 13.6. The molecule has 1 amide bonds. The average Bonchev–Trinajstić information content (AvgIpc) is 3.10. The number of aromatic amines is 1. The summed E-state index contributed by atoms with van der Waals surface area (Å²) in [4.78, 5) is 30.0. The van der Waals surface area contributed by atoms with Crippen molar-refractivity contribution >= 4 is 22.8 Å². The monoisotopic (exact) mass is 378 g/mol. The van der Waals surface area contributed by atoms with Gasteiger partial charge < -0.3 is 19.7 Å². The van der Waals surface area contributed by atoms with Crippen LogP contribution in [0.15, 0.2) is 48.5 Å². The van der Waals surface area contributed by atoms with E-state index in [2.05, 4.69) is 4.98 Å². The SMILES string of the molecule is CCC(=O)N1[C@H](c2ccccc2OC)c2[nH]c3ccccc3c2C[C@H]1C(=O)O. The minimum Gasteiger partial charge on any atom is -0.496 e. The van der Waals surface area contributed by atoms with Gasteiger partial charge in [0.15, 0.2) is 0 Å². The normalized spacial score (nSPS) is 18.7. The molecule has 1 aliphatic rings. The van der Waals surface area contributed by atoms with Crippen LogP contribution in [0.25, 0.3) is 10.9 Å². The highest BCUT2D eigenvalue weighted by atomic mass is 16.5. The van der Waals surface area contributed by atoms with Crippen molar-refractivity contribution in [1.29, 1.82) is 0 Å². The number of benzene rings is 2. The van der Waals surface area contributed by atoms with E-state index < -0.39 is 18.1 Å². The number of carbonyl (C=O) groups is 2. The second-order valence-corrected chi connectivity index (χ2v) is 6.92. The Morgan fingerprint density at radius 1 is 1.18 bits per heavy atom. The number of nitrogens with zero attached hydrogens (tertiary/aromatic N) is 1. The number of methoxy groups -OCH3 is 1. The van der Waals surface area contributed by atoms with E-state index in [1.807, 2.05) is 48.5 Å². The number of carboxylic acids is 1. The van der Waals surface area contributed by atoms with Gasteiger partial charge in [-0.3, -0.25) is 4.79 Å².